The topological polar surface area (TPSA) is 91.1 Å². The summed E-state index contributed by atoms with van der Waals surface area (Å²) in [6.07, 6.45) is 1.03. The lowest BCUT2D eigenvalue weighted by atomic mass is 10.2. The zero-order chi connectivity index (χ0) is 11.7. The highest BCUT2D eigenvalue weighted by molar-refractivity contribution is 5.67. The van der Waals surface area contributed by atoms with Crippen LogP contribution in [0.4, 0.5) is 4.79 Å². The Bertz CT molecular complexity index is 251. The molecule has 0 heterocycles. The lowest BCUT2D eigenvalue weighted by molar-refractivity contribution is 0.0588. The molecule has 0 unspecified atom stereocenters. The maximum absolute atomic E-state index is 11.0. The minimum Gasteiger partial charge on any atom is -0.438 e. The van der Waals surface area contributed by atoms with Crippen LogP contribution < -0.4 is 10.6 Å². The lowest BCUT2D eigenvalue weighted by Crippen LogP contribution is -2.21. The minimum atomic E-state index is -0.718. The Kier molecular flexibility index (Phi) is 6.49. The predicted molar refractivity (Wildman–Crippen MR) is 56.4 cm³/mol. The Hall–Kier alpha value is -1.26. The van der Waals surface area contributed by atoms with Gasteiger partial charge in [0.1, 0.15) is 17.3 Å². The summed E-state index contributed by atoms with van der Waals surface area (Å²) in [5, 5.41) is 6.95. The molecule has 0 aliphatic rings. The van der Waals surface area contributed by atoms with Gasteiger partial charge >= 0.3 is 6.09 Å². The zero-order valence-corrected chi connectivity index (χ0v) is 9.56. The van der Waals surface area contributed by atoms with E-state index < -0.39 is 11.7 Å². The first-order chi connectivity index (χ1) is 6.95. The predicted octanol–water partition coefficient (Wildman–Crippen LogP) is 1.63. The summed E-state index contributed by atoms with van der Waals surface area (Å²) in [4.78, 5) is 14.3. The Morgan fingerprint density at radius 2 is 2.07 bits per heavy atom. The number of carbonyl (C=O) groups excluding carboxylic acids is 1. The second-order valence-electron chi connectivity index (χ2n) is 4.03. The molecule has 0 aliphatic carbocycles. The number of rotatable bonds is 4. The molecule has 6 heteroatoms. The minimum absolute atomic E-state index is 0.531. The van der Waals surface area contributed by atoms with E-state index in [1.165, 1.54) is 0 Å². The molecule has 0 aliphatic heterocycles. The molecule has 0 fully saturated rings. The first-order valence-electron chi connectivity index (χ1n) is 4.96. The molecule has 0 radical (unpaired) electrons. The molecule has 0 aromatic heterocycles. The highest BCUT2D eigenvalue weighted by Gasteiger charge is 2.18. The zero-order valence-electron chi connectivity index (χ0n) is 9.56. The number of unbranched alkanes of at least 4 members (excludes halogenated alkanes) is 1. The second-order valence-corrected chi connectivity index (χ2v) is 4.03. The van der Waals surface area contributed by atoms with Gasteiger partial charge < -0.3 is 10.5 Å². The van der Waals surface area contributed by atoms with Crippen LogP contribution in [-0.2, 0) is 4.74 Å². The van der Waals surface area contributed by atoms with E-state index >= 15 is 0 Å². The molecule has 0 spiro atoms. The molecule has 0 bridgehead atoms. The van der Waals surface area contributed by atoms with Crippen LogP contribution in [-0.4, -0.2) is 24.8 Å². The number of ether oxygens (including phenoxy) is 1. The second kappa shape index (κ2) is 7.09. The normalized spacial score (nSPS) is 10.4. The third kappa shape index (κ3) is 10.7. The summed E-state index contributed by atoms with van der Waals surface area (Å²) in [5.74, 6) is 0. The molecular weight excluding hydrogens is 196 g/mol. The molecule has 0 rings (SSSR count). The largest absolute Gasteiger partial charge is 0.513 e. The van der Waals surface area contributed by atoms with E-state index in [1.807, 2.05) is 0 Å². The third-order valence-electron chi connectivity index (χ3n) is 1.30. The van der Waals surface area contributed by atoms with Gasteiger partial charge in [0, 0.05) is 0 Å². The molecule has 0 aromatic rings. The Labute approximate surface area is 89.6 Å². The molecule has 1 amide bonds. The van der Waals surface area contributed by atoms with Gasteiger partial charge in [-0.2, -0.15) is 0 Å². The number of hydrogen-bond donors (Lipinski definition) is 1. The van der Waals surface area contributed by atoms with Crippen molar-refractivity contribution < 1.29 is 9.53 Å². The van der Waals surface area contributed by atoms with Crippen molar-refractivity contribution in [3.8, 4) is 0 Å². The van der Waals surface area contributed by atoms with Crippen LogP contribution in [0.25, 0.3) is 0 Å². The number of hydrogen-bond acceptors (Lipinski definition) is 4. The standard InChI is InChI=1S/C9H19N4O2/c1-9(2,3)15-8(14)12-13-11-7-5-4-6-10/h4-7,10H2,1-3H3/q+1. The summed E-state index contributed by atoms with van der Waals surface area (Å²) >= 11 is 0. The van der Waals surface area contributed by atoms with Gasteiger partial charge in [-0.1, -0.05) is 0 Å². The van der Waals surface area contributed by atoms with Crippen molar-refractivity contribution in [2.24, 2.45) is 16.0 Å². The molecule has 0 atom stereocenters. The number of carbonyl (C=O) groups is 1. The van der Waals surface area contributed by atoms with Gasteiger partial charge in [0.25, 0.3) is 0 Å². The van der Waals surface area contributed by atoms with Crippen LogP contribution >= 0.6 is 0 Å². The fraction of sp³-hybridized carbons (Fsp3) is 0.889. The highest BCUT2D eigenvalue weighted by Crippen LogP contribution is 2.07. The summed E-state index contributed by atoms with van der Waals surface area (Å²) in [6, 6.07) is 0. The van der Waals surface area contributed by atoms with Gasteiger partial charge in [-0.3, -0.25) is 0 Å². The van der Waals surface area contributed by atoms with Crippen molar-refractivity contribution in [1.29, 1.82) is 0 Å². The number of amides is 1. The maximum Gasteiger partial charge on any atom is 0.513 e. The van der Waals surface area contributed by atoms with Crippen molar-refractivity contribution in [2.45, 2.75) is 39.2 Å². The molecule has 86 valence electrons. The van der Waals surface area contributed by atoms with Gasteiger partial charge in [0.2, 0.25) is 10.0 Å². The Balaban J connectivity index is 3.80. The van der Waals surface area contributed by atoms with Gasteiger partial charge in [-0.05, 0) is 40.2 Å². The van der Waals surface area contributed by atoms with E-state index in [0.717, 1.165) is 12.8 Å². The van der Waals surface area contributed by atoms with E-state index in [4.69, 9.17) is 10.5 Å². The van der Waals surface area contributed by atoms with Crippen LogP contribution in [0.5, 0.6) is 0 Å². The summed E-state index contributed by atoms with van der Waals surface area (Å²) < 4.78 is 4.89. The molecular formula is C9H19N4O2+. The van der Waals surface area contributed by atoms with E-state index in [0.29, 0.717) is 13.1 Å². The van der Waals surface area contributed by atoms with Gasteiger partial charge in [0.05, 0.1) is 0 Å². The van der Waals surface area contributed by atoms with Crippen molar-refractivity contribution in [3.63, 3.8) is 0 Å². The number of nitrogens with two attached hydrogens (primary N) is 1. The highest BCUT2D eigenvalue weighted by atomic mass is 16.6. The van der Waals surface area contributed by atoms with Crippen LogP contribution in [0.3, 0.4) is 0 Å². The van der Waals surface area contributed by atoms with Crippen molar-refractivity contribution >= 4 is 6.09 Å². The van der Waals surface area contributed by atoms with Crippen molar-refractivity contribution in [3.05, 3.63) is 0 Å². The third-order valence-corrected chi connectivity index (χ3v) is 1.30. The van der Waals surface area contributed by atoms with Gasteiger partial charge in [-0.25, -0.2) is 4.79 Å². The van der Waals surface area contributed by atoms with E-state index in [-0.39, 0.29) is 0 Å². The number of nitrogens with zero attached hydrogens (tertiary/aromatic N) is 3. The van der Waals surface area contributed by atoms with E-state index in [2.05, 4.69) is 15.1 Å². The molecule has 0 aromatic carbocycles. The molecule has 0 saturated heterocycles. The first kappa shape index (κ1) is 13.7. The SMILES string of the molecule is CC(C)(C)OC(=O)N=[N+]=NCCCCN. The fourth-order valence-electron chi connectivity index (χ4n) is 0.722. The molecule has 0 saturated carbocycles. The summed E-state index contributed by atoms with van der Waals surface area (Å²) in [6.45, 7) is 6.46. The van der Waals surface area contributed by atoms with Gasteiger partial charge in [0.15, 0.2) is 0 Å². The van der Waals surface area contributed by atoms with Crippen LogP contribution in [0.2, 0.25) is 0 Å². The monoisotopic (exact) mass is 215 g/mol. The van der Waals surface area contributed by atoms with Crippen LogP contribution in [0.1, 0.15) is 33.6 Å². The quantitative estimate of drug-likeness (QED) is 0.439. The summed E-state index contributed by atoms with van der Waals surface area (Å²) in [5.41, 5.74) is 4.75. The summed E-state index contributed by atoms with van der Waals surface area (Å²) in [7, 11) is 0. The fourth-order valence-corrected chi connectivity index (χ4v) is 0.722. The van der Waals surface area contributed by atoms with Crippen molar-refractivity contribution in [2.75, 3.05) is 13.1 Å². The maximum atomic E-state index is 11.0. The van der Waals surface area contributed by atoms with Crippen molar-refractivity contribution in [1.82, 2.24) is 4.91 Å². The Morgan fingerprint density at radius 1 is 1.40 bits per heavy atom. The van der Waals surface area contributed by atoms with E-state index in [1.54, 1.807) is 20.8 Å². The molecule has 2 N–H and O–H groups in total. The molecule has 15 heavy (non-hydrogen) atoms. The Morgan fingerprint density at radius 3 is 2.60 bits per heavy atom. The van der Waals surface area contributed by atoms with Gasteiger partial charge in [-0.15, -0.1) is 0 Å². The van der Waals surface area contributed by atoms with Crippen LogP contribution in [0.15, 0.2) is 10.2 Å². The smallest absolute Gasteiger partial charge is 0.438 e. The average Bonchev–Trinajstić information content (AvgIpc) is 2.08. The van der Waals surface area contributed by atoms with Crippen LogP contribution in [0, 0.1) is 0 Å². The van der Waals surface area contributed by atoms with E-state index in [9.17, 15) is 4.79 Å². The lowest BCUT2D eigenvalue weighted by Gasteiger charge is -2.15. The first-order valence-corrected chi connectivity index (χ1v) is 4.96. The molecule has 6 nitrogen and oxygen atoms in total. The average molecular weight is 215 g/mol.